The standard InChI is InChI=1S/C19H19N3O4S/c1-25-16-8-3-13(11-17(16)26-2)9-10-21-18(23)19(24)22-14-4-6-15(7-5-14)27-12-20/h3-8,11H,9-10H2,1-2H3,(H,21,23)(H,22,24). The Balaban J connectivity index is 1.83. The molecule has 0 saturated carbocycles. The van der Waals surface area contributed by atoms with Crippen molar-refractivity contribution in [3.63, 3.8) is 0 Å². The number of ether oxygens (including phenoxy) is 2. The Kier molecular flexibility index (Phi) is 7.52. The number of nitrogens with one attached hydrogen (secondary N) is 2. The number of thiocyanates is 1. The molecular weight excluding hydrogens is 366 g/mol. The second-order valence-electron chi connectivity index (χ2n) is 5.37. The van der Waals surface area contributed by atoms with Gasteiger partial charge in [0.25, 0.3) is 0 Å². The summed E-state index contributed by atoms with van der Waals surface area (Å²) in [5.74, 6) is -0.227. The summed E-state index contributed by atoms with van der Waals surface area (Å²) in [6.07, 6.45) is 0.541. The average Bonchev–Trinajstić information content (AvgIpc) is 2.69. The monoisotopic (exact) mass is 385 g/mol. The molecule has 2 aromatic carbocycles. The topological polar surface area (TPSA) is 100 Å². The lowest BCUT2D eigenvalue weighted by molar-refractivity contribution is -0.136. The molecule has 140 valence electrons. The molecule has 0 bridgehead atoms. The summed E-state index contributed by atoms with van der Waals surface area (Å²) in [4.78, 5) is 24.6. The number of rotatable bonds is 7. The van der Waals surface area contributed by atoms with E-state index >= 15 is 0 Å². The Morgan fingerprint density at radius 3 is 2.37 bits per heavy atom. The molecule has 0 aliphatic rings. The Morgan fingerprint density at radius 2 is 1.74 bits per heavy atom. The van der Waals surface area contributed by atoms with Crippen molar-refractivity contribution < 1.29 is 19.1 Å². The Labute approximate surface area is 161 Å². The Bertz CT molecular complexity index is 847. The quantitative estimate of drug-likeness (QED) is 0.432. The molecule has 8 heteroatoms. The number of benzene rings is 2. The van der Waals surface area contributed by atoms with Gasteiger partial charge in [-0.25, -0.2) is 0 Å². The summed E-state index contributed by atoms with van der Waals surface area (Å²) in [6, 6.07) is 12.1. The van der Waals surface area contributed by atoms with E-state index in [1.807, 2.05) is 17.5 Å². The maximum atomic E-state index is 11.9. The molecule has 0 atom stereocenters. The highest BCUT2D eigenvalue weighted by Gasteiger charge is 2.13. The van der Waals surface area contributed by atoms with Crippen molar-refractivity contribution in [3.8, 4) is 16.9 Å². The van der Waals surface area contributed by atoms with Crippen LogP contribution in [-0.2, 0) is 16.0 Å². The normalized spacial score (nSPS) is 9.81. The van der Waals surface area contributed by atoms with Crippen LogP contribution in [0.5, 0.6) is 11.5 Å². The van der Waals surface area contributed by atoms with Crippen LogP contribution in [-0.4, -0.2) is 32.6 Å². The lowest BCUT2D eigenvalue weighted by Crippen LogP contribution is -2.36. The summed E-state index contributed by atoms with van der Waals surface area (Å²) >= 11 is 1.02. The maximum Gasteiger partial charge on any atom is 0.313 e. The fourth-order valence-corrected chi connectivity index (χ4v) is 2.66. The first kappa shape index (κ1) is 20.1. The van der Waals surface area contributed by atoms with E-state index in [-0.39, 0.29) is 0 Å². The highest BCUT2D eigenvalue weighted by Crippen LogP contribution is 2.27. The summed E-state index contributed by atoms with van der Waals surface area (Å²) in [5.41, 5.74) is 1.43. The molecule has 7 nitrogen and oxygen atoms in total. The van der Waals surface area contributed by atoms with Crippen LogP contribution < -0.4 is 20.1 Å². The van der Waals surface area contributed by atoms with Crippen molar-refractivity contribution in [2.75, 3.05) is 26.1 Å². The van der Waals surface area contributed by atoms with Crippen LogP contribution in [0.4, 0.5) is 5.69 Å². The zero-order valence-corrected chi connectivity index (χ0v) is 15.8. The third-order valence-electron chi connectivity index (χ3n) is 3.63. The molecule has 0 aromatic heterocycles. The smallest absolute Gasteiger partial charge is 0.313 e. The molecule has 0 radical (unpaired) electrons. The van der Waals surface area contributed by atoms with Gasteiger partial charge in [0.05, 0.1) is 14.2 Å². The minimum absolute atomic E-state index is 0.305. The van der Waals surface area contributed by atoms with Gasteiger partial charge in [0.1, 0.15) is 5.40 Å². The highest BCUT2D eigenvalue weighted by molar-refractivity contribution is 8.03. The average molecular weight is 385 g/mol. The number of hydrogen-bond acceptors (Lipinski definition) is 6. The van der Waals surface area contributed by atoms with Gasteiger partial charge in [-0.15, -0.1) is 0 Å². The van der Waals surface area contributed by atoms with E-state index in [1.54, 1.807) is 44.6 Å². The fourth-order valence-electron chi connectivity index (χ4n) is 2.28. The van der Waals surface area contributed by atoms with E-state index in [0.717, 1.165) is 22.2 Å². The number of carbonyl (C=O) groups excluding carboxylic acids is 2. The van der Waals surface area contributed by atoms with E-state index in [1.165, 1.54) is 0 Å². The number of nitrogens with zero attached hydrogens (tertiary/aromatic N) is 1. The van der Waals surface area contributed by atoms with Gasteiger partial charge in [0, 0.05) is 17.1 Å². The van der Waals surface area contributed by atoms with Crippen LogP contribution in [0.2, 0.25) is 0 Å². The molecule has 2 aromatic rings. The lowest BCUT2D eigenvalue weighted by atomic mass is 10.1. The van der Waals surface area contributed by atoms with Gasteiger partial charge < -0.3 is 20.1 Å². The molecule has 2 N–H and O–H groups in total. The second kappa shape index (κ2) is 10.1. The van der Waals surface area contributed by atoms with Crippen LogP contribution in [0.25, 0.3) is 0 Å². The number of methoxy groups -OCH3 is 2. The number of nitriles is 1. The predicted octanol–water partition coefficient (Wildman–Crippen LogP) is 2.57. The molecule has 0 heterocycles. The van der Waals surface area contributed by atoms with Crippen molar-refractivity contribution in [2.24, 2.45) is 0 Å². The lowest BCUT2D eigenvalue weighted by Gasteiger charge is -2.10. The molecule has 2 rings (SSSR count). The largest absolute Gasteiger partial charge is 0.493 e. The third kappa shape index (κ3) is 5.94. The summed E-state index contributed by atoms with van der Waals surface area (Å²) in [7, 11) is 3.12. The van der Waals surface area contributed by atoms with Gasteiger partial charge in [-0.1, -0.05) is 6.07 Å². The van der Waals surface area contributed by atoms with Crippen molar-refractivity contribution in [2.45, 2.75) is 11.3 Å². The van der Waals surface area contributed by atoms with Gasteiger partial charge in [-0.2, -0.15) is 5.26 Å². The van der Waals surface area contributed by atoms with Crippen LogP contribution in [0.1, 0.15) is 5.56 Å². The molecule has 0 spiro atoms. The van der Waals surface area contributed by atoms with E-state index in [0.29, 0.717) is 30.2 Å². The van der Waals surface area contributed by atoms with Gasteiger partial charge in [0.15, 0.2) is 11.5 Å². The SMILES string of the molecule is COc1ccc(CCNC(=O)C(=O)Nc2ccc(SC#N)cc2)cc1OC. The van der Waals surface area contributed by atoms with Crippen LogP contribution >= 0.6 is 11.8 Å². The number of amides is 2. The van der Waals surface area contributed by atoms with Gasteiger partial charge >= 0.3 is 11.8 Å². The second-order valence-corrected chi connectivity index (χ2v) is 6.23. The van der Waals surface area contributed by atoms with Gasteiger partial charge in [-0.05, 0) is 60.1 Å². The molecule has 0 fully saturated rings. The van der Waals surface area contributed by atoms with E-state index < -0.39 is 11.8 Å². The first-order valence-corrected chi connectivity index (χ1v) is 8.85. The Morgan fingerprint density at radius 1 is 1.04 bits per heavy atom. The van der Waals surface area contributed by atoms with E-state index in [2.05, 4.69) is 10.6 Å². The van der Waals surface area contributed by atoms with Crippen molar-refractivity contribution in [1.82, 2.24) is 5.32 Å². The van der Waals surface area contributed by atoms with Crippen molar-refractivity contribution in [3.05, 3.63) is 48.0 Å². The van der Waals surface area contributed by atoms with Crippen molar-refractivity contribution >= 4 is 29.3 Å². The van der Waals surface area contributed by atoms with E-state index in [4.69, 9.17) is 14.7 Å². The van der Waals surface area contributed by atoms with Crippen LogP contribution in [0, 0.1) is 10.7 Å². The molecular formula is C19H19N3O4S. The molecule has 2 amide bonds. The highest BCUT2D eigenvalue weighted by atomic mass is 32.2. The molecule has 0 saturated heterocycles. The molecule has 0 aliphatic carbocycles. The fraction of sp³-hybridized carbons (Fsp3) is 0.211. The van der Waals surface area contributed by atoms with Crippen LogP contribution in [0.3, 0.4) is 0 Å². The Hall–Kier alpha value is -3.18. The van der Waals surface area contributed by atoms with Gasteiger partial charge in [-0.3, -0.25) is 9.59 Å². The minimum atomic E-state index is -0.747. The minimum Gasteiger partial charge on any atom is -0.493 e. The predicted molar refractivity (Wildman–Crippen MR) is 103 cm³/mol. The first-order valence-electron chi connectivity index (χ1n) is 8.03. The zero-order chi connectivity index (χ0) is 19.6. The molecule has 27 heavy (non-hydrogen) atoms. The van der Waals surface area contributed by atoms with E-state index in [9.17, 15) is 9.59 Å². The van der Waals surface area contributed by atoms with Gasteiger partial charge in [0.2, 0.25) is 0 Å². The first-order chi connectivity index (χ1) is 13.1. The summed E-state index contributed by atoms with van der Waals surface area (Å²) in [5, 5.41) is 15.7. The summed E-state index contributed by atoms with van der Waals surface area (Å²) < 4.78 is 10.4. The van der Waals surface area contributed by atoms with Crippen molar-refractivity contribution in [1.29, 1.82) is 5.26 Å². The van der Waals surface area contributed by atoms with Crippen LogP contribution in [0.15, 0.2) is 47.4 Å². The third-order valence-corrected chi connectivity index (χ3v) is 4.23. The summed E-state index contributed by atoms with van der Waals surface area (Å²) in [6.45, 7) is 0.305. The molecule has 0 aliphatic heterocycles. The number of hydrogen-bond donors (Lipinski definition) is 2. The molecule has 0 unspecified atom stereocenters. The number of thioether (sulfide) groups is 1. The number of anilines is 1. The maximum absolute atomic E-state index is 11.9. The zero-order valence-electron chi connectivity index (χ0n) is 14.9. The number of carbonyl (C=O) groups is 2.